The molecule has 3 aromatic rings. The van der Waals surface area contributed by atoms with E-state index in [1.807, 2.05) is 18.2 Å². The highest BCUT2D eigenvalue weighted by molar-refractivity contribution is 5.85. The molecule has 0 bridgehead atoms. The Morgan fingerprint density at radius 2 is 1.83 bits per heavy atom. The standard InChI is InChI=1S/C26H32N4/c1-3-30-24(12-8-16-27-22-10-5-4-6-11-22)19-25-21(9-7-13-26(25)30)20-28-23-14-17-29(2)18-15-23/h4-7,9-11,13,19,23,27-28H,3,14-18,20H2,1-2H3. The normalized spacial score (nSPS) is 15.1. The molecular formula is C26H32N4. The van der Waals surface area contributed by atoms with E-state index in [1.54, 1.807) is 0 Å². The van der Waals surface area contributed by atoms with E-state index in [9.17, 15) is 0 Å². The molecular weight excluding hydrogens is 368 g/mol. The quantitative estimate of drug-likeness (QED) is 0.605. The fraction of sp³-hybridized carbons (Fsp3) is 0.385. The lowest BCUT2D eigenvalue weighted by Crippen LogP contribution is -2.40. The van der Waals surface area contributed by atoms with Gasteiger partial charge in [-0.1, -0.05) is 36.3 Å². The predicted molar refractivity (Wildman–Crippen MR) is 127 cm³/mol. The summed E-state index contributed by atoms with van der Waals surface area (Å²) >= 11 is 0. The van der Waals surface area contributed by atoms with Gasteiger partial charge in [0.2, 0.25) is 0 Å². The van der Waals surface area contributed by atoms with E-state index in [-0.39, 0.29) is 0 Å². The zero-order valence-electron chi connectivity index (χ0n) is 18.1. The number of nitrogens with zero attached hydrogens (tertiary/aromatic N) is 2. The van der Waals surface area contributed by atoms with Crippen LogP contribution in [0.3, 0.4) is 0 Å². The molecule has 0 atom stereocenters. The molecule has 2 aromatic carbocycles. The molecule has 0 unspecified atom stereocenters. The maximum absolute atomic E-state index is 3.79. The van der Waals surface area contributed by atoms with Crippen molar-refractivity contribution in [2.45, 2.75) is 38.9 Å². The van der Waals surface area contributed by atoms with Gasteiger partial charge in [-0.25, -0.2) is 0 Å². The second kappa shape index (κ2) is 9.84. The molecule has 0 spiro atoms. The van der Waals surface area contributed by atoms with Gasteiger partial charge < -0.3 is 20.1 Å². The molecule has 1 aliphatic heterocycles. The number of benzene rings is 2. The van der Waals surface area contributed by atoms with E-state index in [1.165, 1.54) is 42.4 Å². The summed E-state index contributed by atoms with van der Waals surface area (Å²) in [6, 6.07) is 19.7. The molecule has 4 nitrogen and oxygen atoms in total. The largest absolute Gasteiger partial charge is 0.374 e. The zero-order chi connectivity index (χ0) is 20.8. The molecule has 1 aromatic heterocycles. The van der Waals surface area contributed by atoms with Gasteiger partial charge in [0, 0.05) is 35.7 Å². The van der Waals surface area contributed by atoms with Crippen LogP contribution in [0.25, 0.3) is 10.9 Å². The van der Waals surface area contributed by atoms with E-state index < -0.39 is 0 Å². The van der Waals surface area contributed by atoms with Crippen LogP contribution in [0.15, 0.2) is 54.6 Å². The maximum atomic E-state index is 3.79. The molecule has 4 heteroatoms. The van der Waals surface area contributed by atoms with Gasteiger partial charge in [0.15, 0.2) is 0 Å². The molecule has 4 rings (SSSR count). The minimum atomic E-state index is 0.619. The van der Waals surface area contributed by atoms with Gasteiger partial charge in [-0.2, -0.15) is 0 Å². The number of likely N-dealkylation sites (tertiary alicyclic amines) is 1. The number of para-hydroxylation sites is 1. The second-order valence-corrected chi connectivity index (χ2v) is 8.10. The third-order valence-corrected chi connectivity index (χ3v) is 6.02. The third-order valence-electron chi connectivity index (χ3n) is 6.02. The first-order chi connectivity index (χ1) is 14.7. The topological polar surface area (TPSA) is 32.2 Å². The number of rotatable bonds is 6. The Hall–Kier alpha value is -2.74. The van der Waals surface area contributed by atoms with Crippen molar-refractivity contribution < 1.29 is 0 Å². The van der Waals surface area contributed by atoms with Crippen LogP contribution in [-0.4, -0.2) is 42.2 Å². The lowest BCUT2D eigenvalue weighted by atomic mass is 10.0. The fourth-order valence-electron chi connectivity index (χ4n) is 4.25. The lowest BCUT2D eigenvalue weighted by Gasteiger charge is -2.29. The van der Waals surface area contributed by atoms with Crippen LogP contribution in [0, 0.1) is 11.8 Å². The highest BCUT2D eigenvalue weighted by atomic mass is 15.1. The van der Waals surface area contributed by atoms with Gasteiger partial charge in [-0.05, 0) is 75.7 Å². The average Bonchev–Trinajstić information content (AvgIpc) is 3.15. The minimum Gasteiger partial charge on any atom is -0.374 e. The van der Waals surface area contributed by atoms with Gasteiger partial charge >= 0.3 is 0 Å². The van der Waals surface area contributed by atoms with Crippen LogP contribution in [0.1, 0.15) is 31.0 Å². The van der Waals surface area contributed by atoms with E-state index in [0.717, 1.165) is 24.5 Å². The van der Waals surface area contributed by atoms with Gasteiger partial charge in [-0.3, -0.25) is 0 Å². The van der Waals surface area contributed by atoms with Crippen LogP contribution < -0.4 is 10.6 Å². The molecule has 156 valence electrons. The summed E-state index contributed by atoms with van der Waals surface area (Å²) in [5.41, 5.74) is 4.84. The molecule has 2 N–H and O–H groups in total. The molecule has 1 fully saturated rings. The highest BCUT2D eigenvalue weighted by Crippen LogP contribution is 2.24. The van der Waals surface area contributed by atoms with E-state index in [4.69, 9.17) is 0 Å². The van der Waals surface area contributed by atoms with Gasteiger partial charge in [0.05, 0.1) is 12.2 Å². The lowest BCUT2D eigenvalue weighted by molar-refractivity contribution is 0.234. The Balaban J connectivity index is 1.48. The maximum Gasteiger partial charge on any atom is 0.0931 e. The second-order valence-electron chi connectivity index (χ2n) is 8.10. The number of piperidine rings is 1. The summed E-state index contributed by atoms with van der Waals surface area (Å²) in [7, 11) is 2.21. The molecule has 30 heavy (non-hydrogen) atoms. The van der Waals surface area contributed by atoms with Crippen molar-refractivity contribution in [2.75, 3.05) is 32.0 Å². The molecule has 1 aliphatic rings. The van der Waals surface area contributed by atoms with Gasteiger partial charge in [-0.15, -0.1) is 0 Å². The van der Waals surface area contributed by atoms with Crippen LogP contribution >= 0.6 is 0 Å². The number of aryl methyl sites for hydroxylation is 1. The van der Waals surface area contributed by atoms with Crippen LogP contribution in [-0.2, 0) is 13.1 Å². The van der Waals surface area contributed by atoms with Crippen molar-refractivity contribution in [3.05, 3.63) is 65.9 Å². The summed E-state index contributed by atoms with van der Waals surface area (Å²) in [6.45, 7) is 7.04. The molecule has 2 heterocycles. The SMILES string of the molecule is CCn1c(C#CCNc2ccccc2)cc2c(CNC3CCN(C)CC3)cccc21. The van der Waals surface area contributed by atoms with E-state index >= 15 is 0 Å². The highest BCUT2D eigenvalue weighted by Gasteiger charge is 2.16. The number of aromatic nitrogens is 1. The Morgan fingerprint density at radius 3 is 2.60 bits per heavy atom. The Morgan fingerprint density at radius 1 is 1.03 bits per heavy atom. The number of nitrogens with one attached hydrogen (secondary N) is 2. The number of hydrogen-bond acceptors (Lipinski definition) is 3. The van der Waals surface area contributed by atoms with Crippen molar-refractivity contribution in [3.8, 4) is 11.8 Å². The van der Waals surface area contributed by atoms with Crippen molar-refractivity contribution in [1.29, 1.82) is 0 Å². The predicted octanol–water partition coefficient (Wildman–Crippen LogP) is 4.31. The summed E-state index contributed by atoms with van der Waals surface area (Å²) < 4.78 is 2.32. The smallest absolute Gasteiger partial charge is 0.0931 e. The first-order valence-electron chi connectivity index (χ1n) is 11.1. The van der Waals surface area contributed by atoms with Crippen molar-refractivity contribution >= 4 is 16.6 Å². The van der Waals surface area contributed by atoms with Crippen molar-refractivity contribution in [2.24, 2.45) is 0 Å². The van der Waals surface area contributed by atoms with Crippen molar-refractivity contribution in [3.63, 3.8) is 0 Å². The van der Waals surface area contributed by atoms with Gasteiger partial charge in [0.1, 0.15) is 0 Å². The number of fused-ring (bicyclic) bond motifs is 1. The molecule has 1 saturated heterocycles. The molecule has 0 amide bonds. The van der Waals surface area contributed by atoms with Crippen LogP contribution in [0.5, 0.6) is 0 Å². The Labute approximate surface area is 180 Å². The molecule has 0 saturated carbocycles. The molecule has 0 radical (unpaired) electrons. The van der Waals surface area contributed by atoms with E-state index in [2.05, 4.69) is 82.3 Å². The van der Waals surface area contributed by atoms with Crippen molar-refractivity contribution in [1.82, 2.24) is 14.8 Å². The Kier molecular flexibility index (Phi) is 6.74. The summed E-state index contributed by atoms with van der Waals surface area (Å²) in [5.74, 6) is 6.68. The summed E-state index contributed by atoms with van der Waals surface area (Å²) in [4.78, 5) is 2.41. The molecule has 0 aliphatic carbocycles. The first kappa shape index (κ1) is 20.5. The number of anilines is 1. The van der Waals surface area contributed by atoms with Crippen LogP contribution in [0.4, 0.5) is 5.69 Å². The zero-order valence-corrected chi connectivity index (χ0v) is 18.1. The first-order valence-corrected chi connectivity index (χ1v) is 11.1. The number of hydrogen-bond donors (Lipinski definition) is 2. The summed E-state index contributed by atoms with van der Waals surface area (Å²) in [6.07, 6.45) is 2.46. The van der Waals surface area contributed by atoms with Crippen LogP contribution in [0.2, 0.25) is 0 Å². The minimum absolute atomic E-state index is 0.619. The third kappa shape index (κ3) is 4.87. The monoisotopic (exact) mass is 400 g/mol. The Bertz CT molecular complexity index is 1020. The summed E-state index contributed by atoms with van der Waals surface area (Å²) in [5, 5.41) is 8.47. The van der Waals surface area contributed by atoms with Gasteiger partial charge in [0.25, 0.3) is 0 Å². The average molecular weight is 401 g/mol. The van der Waals surface area contributed by atoms with E-state index in [0.29, 0.717) is 12.6 Å². The fourth-order valence-corrected chi connectivity index (χ4v) is 4.25.